The van der Waals surface area contributed by atoms with Crippen LogP contribution in [0.1, 0.15) is 19.8 Å². The van der Waals surface area contributed by atoms with Gasteiger partial charge in [0.1, 0.15) is 0 Å². The molecule has 5 nitrogen and oxygen atoms in total. The summed E-state index contributed by atoms with van der Waals surface area (Å²) in [4.78, 5) is 2.45. The summed E-state index contributed by atoms with van der Waals surface area (Å²) < 4.78 is 7.59. The fraction of sp³-hybridized carbons (Fsp3) is 0.750. The minimum Gasteiger partial charge on any atom is -0.396 e. The molecular formula is C12H22N4O. The number of rotatable bonds is 5. The van der Waals surface area contributed by atoms with E-state index < -0.39 is 0 Å². The number of nitrogens with zero attached hydrogens (tertiary/aromatic N) is 3. The SMILES string of the molecule is CCOC1CCCN(CCn2cc(N)cn2)C1. The van der Waals surface area contributed by atoms with Gasteiger partial charge in [-0.25, -0.2) is 0 Å². The van der Waals surface area contributed by atoms with Crippen LogP contribution >= 0.6 is 0 Å². The van der Waals surface area contributed by atoms with Gasteiger partial charge in [-0.1, -0.05) is 0 Å². The quantitative estimate of drug-likeness (QED) is 0.830. The van der Waals surface area contributed by atoms with Crippen molar-refractivity contribution in [1.82, 2.24) is 14.7 Å². The Morgan fingerprint density at radius 3 is 3.12 bits per heavy atom. The van der Waals surface area contributed by atoms with Crippen LogP contribution in [0.2, 0.25) is 0 Å². The van der Waals surface area contributed by atoms with Gasteiger partial charge in [-0.3, -0.25) is 9.58 Å². The van der Waals surface area contributed by atoms with Crippen molar-refractivity contribution in [2.75, 3.05) is 32.0 Å². The first-order valence-corrected chi connectivity index (χ1v) is 6.40. The summed E-state index contributed by atoms with van der Waals surface area (Å²) in [6, 6.07) is 0. The molecule has 1 saturated heterocycles. The maximum Gasteiger partial charge on any atom is 0.0719 e. The Morgan fingerprint density at radius 1 is 1.53 bits per heavy atom. The fourth-order valence-electron chi connectivity index (χ4n) is 2.33. The maximum absolute atomic E-state index is 5.69. The summed E-state index contributed by atoms with van der Waals surface area (Å²) in [6.07, 6.45) is 6.41. The number of ether oxygens (including phenoxy) is 1. The summed E-state index contributed by atoms with van der Waals surface area (Å²) in [5, 5.41) is 4.19. The number of hydrogen-bond donors (Lipinski definition) is 1. The molecule has 17 heavy (non-hydrogen) atoms. The molecule has 1 aliphatic rings. The highest BCUT2D eigenvalue weighted by Crippen LogP contribution is 2.13. The predicted molar refractivity (Wildman–Crippen MR) is 67.7 cm³/mol. The van der Waals surface area contributed by atoms with E-state index >= 15 is 0 Å². The van der Waals surface area contributed by atoms with Crippen molar-refractivity contribution in [3.8, 4) is 0 Å². The lowest BCUT2D eigenvalue weighted by Gasteiger charge is -2.32. The Kier molecular flexibility index (Phi) is 4.39. The van der Waals surface area contributed by atoms with Gasteiger partial charge in [-0.05, 0) is 26.3 Å². The molecule has 1 unspecified atom stereocenters. The zero-order valence-corrected chi connectivity index (χ0v) is 10.5. The van der Waals surface area contributed by atoms with Gasteiger partial charge >= 0.3 is 0 Å². The molecule has 1 aliphatic heterocycles. The first kappa shape index (κ1) is 12.4. The van der Waals surface area contributed by atoms with Gasteiger partial charge in [0.2, 0.25) is 0 Å². The number of hydrogen-bond acceptors (Lipinski definition) is 4. The van der Waals surface area contributed by atoms with Crippen LogP contribution in [0.5, 0.6) is 0 Å². The van der Waals surface area contributed by atoms with Crippen molar-refractivity contribution in [1.29, 1.82) is 0 Å². The molecule has 2 heterocycles. The van der Waals surface area contributed by atoms with Crippen LogP contribution in [0.4, 0.5) is 5.69 Å². The van der Waals surface area contributed by atoms with Crippen LogP contribution in [0, 0.1) is 0 Å². The third-order valence-electron chi connectivity index (χ3n) is 3.16. The number of aromatic nitrogens is 2. The summed E-state index contributed by atoms with van der Waals surface area (Å²) >= 11 is 0. The minimum absolute atomic E-state index is 0.413. The van der Waals surface area contributed by atoms with Crippen LogP contribution in [0.15, 0.2) is 12.4 Å². The molecule has 0 aliphatic carbocycles. The van der Waals surface area contributed by atoms with Crippen LogP contribution in [-0.4, -0.2) is 47.0 Å². The Balaban J connectivity index is 1.75. The summed E-state index contributed by atoms with van der Waals surface area (Å²) in [5.41, 5.74) is 6.36. The van der Waals surface area contributed by atoms with Gasteiger partial charge < -0.3 is 10.5 Å². The molecule has 1 fully saturated rings. The molecule has 0 saturated carbocycles. The minimum atomic E-state index is 0.413. The van der Waals surface area contributed by atoms with Gasteiger partial charge in [0.05, 0.1) is 24.5 Å². The van der Waals surface area contributed by atoms with E-state index in [1.165, 1.54) is 19.4 Å². The van der Waals surface area contributed by atoms with E-state index in [1.54, 1.807) is 6.20 Å². The second-order valence-electron chi connectivity index (χ2n) is 4.56. The predicted octanol–water partition coefficient (Wildman–Crippen LogP) is 0.966. The Hall–Kier alpha value is -1.07. The van der Waals surface area contributed by atoms with E-state index in [-0.39, 0.29) is 0 Å². The third-order valence-corrected chi connectivity index (χ3v) is 3.16. The highest BCUT2D eigenvalue weighted by atomic mass is 16.5. The van der Waals surface area contributed by atoms with Crippen molar-refractivity contribution in [3.05, 3.63) is 12.4 Å². The molecule has 0 spiro atoms. The van der Waals surface area contributed by atoms with E-state index in [0.29, 0.717) is 6.10 Å². The third kappa shape index (κ3) is 3.71. The van der Waals surface area contributed by atoms with Crippen LogP contribution in [-0.2, 0) is 11.3 Å². The standard InChI is InChI=1S/C12H22N4O/c1-2-17-12-4-3-5-15(10-12)6-7-16-9-11(13)8-14-16/h8-9,12H,2-7,10,13H2,1H3. The Morgan fingerprint density at radius 2 is 2.41 bits per heavy atom. The lowest BCUT2D eigenvalue weighted by atomic mass is 10.1. The molecule has 0 bridgehead atoms. The van der Waals surface area contributed by atoms with Gasteiger partial charge in [0, 0.05) is 25.9 Å². The molecule has 1 aromatic heterocycles. The number of anilines is 1. The van der Waals surface area contributed by atoms with E-state index in [1.807, 2.05) is 10.9 Å². The van der Waals surface area contributed by atoms with Gasteiger partial charge in [0.15, 0.2) is 0 Å². The van der Waals surface area contributed by atoms with Crippen molar-refractivity contribution in [3.63, 3.8) is 0 Å². The first-order chi connectivity index (χ1) is 8.28. The molecule has 96 valence electrons. The summed E-state index contributed by atoms with van der Waals surface area (Å²) in [6.45, 7) is 7.01. The molecule has 2 rings (SSSR count). The van der Waals surface area contributed by atoms with Crippen molar-refractivity contribution >= 4 is 5.69 Å². The zero-order chi connectivity index (χ0) is 12.1. The zero-order valence-electron chi connectivity index (χ0n) is 10.5. The summed E-state index contributed by atoms with van der Waals surface area (Å²) in [7, 11) is 0. The number of nitrogens with two attached hydrogens (primary N) is 1. The molecule has 0 amide bonds. The molecule has 1 aromatic rings. The molecular weight excluding hydrogens is 216 g/mol. The van der Waals surface area contributed by atoms with E-state index in [2.05, 4.69) is 16.9 Å². The second kappa shape index (κ2) is 6.02. The van der Waals surface area contributed by atoms with Crippen LogP contribution in [0.25, 0.3) is 0 Å². The second-order valence-corrected chi connectivity index (χ2v) is 4.56. The fourth-order valence-corrected chi connectivity index (χ4v) is 2.33. The normalized spacial score (nSPS) is 21.8. The highest BCUT2D eigenvalue weighted by molar-refractivity contribution is 5.30. The average Bonchev–Trinajstić information content (AvgIpc) is 2.74. The lowest BCUT2D eigenvalue weighted by Crippen LogP contribution is -2.41. The first-order valence-electron chi connectivity index (χ1n) is 6.40. The largest absolute Gasteiger partial charge is 0.396 e. The summed E-state index contributed by atoms with van der Waals surface area (Å²) in [5.74, 6) is 0. The molecule has 2 N–H and O–H groups in total. The number of nitrogen functional groups attached to an aromatic ring is 1. The van der Waals surface area contributed by atoms with Crippen molar-refractivity contribution in [2.24, 2.45) is 0 Å². The highest BCUT2D eigenvalue weighted by Gasteiger charge is 2.19. The van der Waals surface area contributed by atoms with Gasteiger partial charge in [0.25, 0.3) is 0 Å². The Bertz CT molecular complexity index is 337. The van der Waals surface area contributed by atoms with Gasteiger partial charge in [-0.2, -0.15) is 5.10 Å². The number of piperidine rings is 1. The van der Waals surface area contributed by atoms with Crippen molar-refractivity contribution < 1.29 is 4.74 Å². The number of likely N-dealkylation sites (tertiary alicyclic amines) is 1. The maximum atomic E-state index is 5.69. The molecule has 0 aromatic carbocycles. The van der Waals surface area contributed by atoms with Gasteiger partial charge in [-0.15, -0.1) is 0 Å². The topological polar surface area (TPSA) is 56.3 Å². The molecule has 0 radical (unpaired) electrons. The van der Waals surface area contributed by atoms with Crippen LogP contribution < -0.4 is 5.73 Å². The Labute approximate surface area is 103 Å². The van der Waals surface area contributed by atoms with E-state index in [0.717, 1.165) is 31.9 Å². The monoisotopic (exact) mass is 238 g/mol. The van der Waals surface area contributed by atoms with Crippen molar-refractivity contribution in [2.45, 2.75) is 32.4 Å². The van der Waals surface area contributed by atoms with E-state index in [9.17, 15) is 0 Å². The smallest absolute Gasteiger partial charge is 0.0719 e. The van der Waals surface area contributed by atoms with E-state index in [4.69, 9.17) is 10.5 Å². The molecule has 5 heteroatoms. The molecule has 1 atom stereocenters. The van der Waals surface area contributed by atoms with Crippen LogP contribution in [0.3, 0.4) is 0 Å². The lowest BCUT2D eigenvalue weighted by molar-refractivity contribution is 0.00493. The average molecular weight is 238 g/mol.